The summed E-state index contributed by atoms with van der Waals surface area (Å²) in [5.41, 5.74) is 2.02. The zero-order valence-corrected chi connectivity index (χ0v) is 18.3. The monoisotopic (exact) mass is 392 g/mol. The maximum absolute atomic E-state index is 13.8. The lowest BCUT2D eigenvalue weighted by molar-refractivity contribution is -0.157. The van der Waals surface area contributed by atoms with Crippen LogP contribution < -0.4 is 0 Å². The van der Waals surface area contributed by atoms with Gasteiger partial charge in [-0.15, -0.1) is 0 Å². The van der Waals surface area contributed by atoms with Gasteiger partial charge in [0.25, 0.3) is 0 Å². The molecule has 1 N–H and O–H groups in total. The number of hydrogen-bond acceptors (Lipinski definition) is 3. The van der Waals surface area contributed by atoms with Crippen molar-refractivity contribution < 1.29 is 19.3 Å². The first-order chi connectivity index (χ1) is 12.7. The molecular formula is C22H33O4P. The van der Waals surface area contributed by atoms with E-state index < -0.39 is 16.8 Å². The minimum absolute atomic E-state index is 0.0561. The lowest BCUT2D eigenvalue weighted by Gasteiger charge is -2.48. The van der Waals surface area contributed by atoms with Gasteiger partial charge in [-0.2, -0.15) is 0 Å². The van der Waals surface area contributed by atoms with Crippen LogP contribution in [-0.2, 0) is 9.36 Å². The Labute approximate surface area is 165 Å². The fourth-order valence-corrected chi connectivity index (χ4v) is 5.01. The molecule has 1 aliphatic rings. The van der Waals surface area contributed by atoms with E-state index in [1.165, 1.54) is 0 Å². The van der Waals surface area contributed by atoms with Crippen molar-refractivity contribution in [3.8, 4) is 0 Å². The molecule has 0 aromatic heterocycles. The number of carboxylic acids is 1. The molecule has 1 fully saturated rings. The van der Waals surface area contributed by atoms with Crippen LogP contribution in [0.3, 0.4) is 0 Å². The van der Waals surface area contributed by atoms with E-state index in [0.29, 0.717) is 19.3 Å². The van der Waals surface area contributed by atoms with E-state index in [0.717, 1.165) is 47.9 Å². The van der Waals surface area contributed by atoms with E-state index in [-0.39, 0.29) is 5.78 Å². The summed E-state index contributed by atoms with van der Waals surface area (Å²) in [5.74, 6) is -0.771. The molecule has 27 heavy (non-hydrogen) atoms. The smallest absolute Gasteiger partial charge is 0.310 e. The zero-order valence-electron chi connectivity index (χ0n) is 17.3. The summed E-state index contributed by atoms with van der Waals surface area (Å²) in [6.07, 6.45) is 5.62. The van der Waals surface area contributed by atoms with Crippen molar-refractivity contribution in [3.63, 3.8) is 0 Å². The van der Waals surface area contributed by atoms with Crippen LogP contribution in [-0.4, -0.2) is 16.9 Å². The van der Waals surface area contributed by atoms with Crippen molar-refractivity contribution in [2.45, 2.75) is 79.6 Å². The molecule has 1 saturated carbocycles. The van der Waals surface area contributed by atoms with Gasteiger partial charge in [0.2, 0.25) is 0 Å². The van der Waals surface area contributed by atoms with E-state index in [1.54, 1.807) is 16.0 Å². The minimum atomic E-state index is -1.01. The largest absolute Gasteiger partial charge is 0.481 e. The molecule has 1 unspecified atom stereocenters. The molecule has 1 atom stereocenters. The van der Waals surface area contributed by atoms with Gasteiger partial charge >= 0.3 is 5.97 Å². The zero-order chi connectivity index (χ0) is 20.8. The molecule has 5 heteroatoms. The number of aryl methyl sites for hydroxylation is 3. The molecule has 1 aromatic carbocycles. The number of aliphatic carboxylic acids is 1. The Kier molecular flexibility index (Phi) is 8.35. The lowest BCUT2D eigenvalue weighted by Crippen LogP contribution is -2.52. The summed E-state index contributed by atoms with van der Waals surface area (Å²) in [5, 5.41) is 10.1. The van der Waals surface area contributed by atoms with Gasteiger partial charge in [-0.05, 0) is 58.1 Å². The Hall–Kier alpha value is -1.54. The van der Waals surface area contributed by atoms with Gasteiger partial charge in [0, 0.05) is 11.0 Å². The number of carbonyl (C=O) groups excluding carboxylic acids is 1. The highest BCUT2D eigenvalue weighted by molar-refractivity contribution is 7.00. The summed E-state index contributed by atoms with van der Waals surface area (Å²) in [7, 11) is 1.72. The topological polar surface area (TPSA) is 71.4 Å². The third-order valence-corrected chi connectivity index (χ3v) is 6.32. The van der Waals surface area contributed by atoms with Crippen LogP contribution in [0.5, 0.6) is 0 Å². The van der Waals surface area contributed by atoms with E-state index in [4.69, 9.17) is 4.57 Å². The first-order valence-corrected chi connectivity index (χ1v) is 10.2. The van der Waals surface area contributed by atoms with E-state index >= 15 is 0 Å². The minimum Gasteiger partial charge on any atom is -0.481 e. The van der Waals surface area contributed by atoms with E-state index in [9.17, 15) is 14.7 Å². The van der Waals surface area contributed by atoms with Gasteiger partial charge in [0.15, 0.2) is 5.78 Å². The van der Waals surface area contributed by atoms with Crippen molar-refractivity contribution >= 4 is 20.9 Å². The second-order valence-corrected chi connectivity index (χ2v) is 8.13. The molecule has 1 aromatic rings. The third kappa shape index (κ3) is 4.32. The Morgan fingerprint density at radius 2 is 1.56 bits per heavy atom. The molecule has 4 nitrogen and oxygen atoms in total. The van der Waals surface area contributed by atoms with Crippen molar-refractivity contribution in [1.29, 1.82) is 0 Å². The molecule has 0 heterocycles. The number of Topliss-reactive ketones (excluding diaryl/α,β-unsaturated/α-hetero) is 1. The maximum Gasteiger partial charge on any atom is 0.310 e. The van der Waals surface area contributed by atoms with Crippen molar-refractivity contribution in [2.75, 3.05) is 0 Å². The third-order valence-electron chi connectivity index (χ3n) is 6.32. The highest BCUT2D eigenvalue weighted by atomic mass is 31.0. The lowest BCUT2D eigenvalue weighted by atomic mass is 9.53. The maximum atomic E-state index is 13.8. The van der Waals surface area contributed by atoms with Gasteiger partial charge in [-0.3, -0.25) is 14.2 Å². The van der Waals surface area contributed by atoms with Gasteiger partial charge in [-0.1, -0.05) is 50.3 Å². The fourth-order valence-electron chi connectivity index (χ4n) is 5.01. The molecule has 0 bridgehead atoms. The van der Waals surface area contributed by atoms with Crippen molar-refractivity contribution in [3.05, 3.63) is 34.4 Å². The van der Waals surface area contributed by atoms with Crippen molar-refractivity contribution in [1.82, 2.24) is 0 Å². The van der Waals surface area contributed by atoms with Crippen LogP contribution in [0, 0.1) is 31.6 Å². The Bertz CT molecular complexity index is 669. The Balaban J connectivity index is 0.00000176. The second-order valence-electron chi connectivity index (χ2n) is 8.13. The van der Waals surface area contributed by atoms with Gasteiger partial charge in [-0.25, -0.2) is 0 Å². The first-order valence-electron chi connectivity index (χ1n) is 9.76. The standard InChI is InChI=1S/C22H32O3.HOP/c1-6-10-21(5,20(24)25)22(11-8-7-9-12-22)19(23)18-16(3)13-15(2)14-17(18)4;1-2/h13-14H,6-12H2,1-5H3,(H,24,25);2H. The van der Waals surface area contributed by atoms with Gasteiger partial charge < -0.3 is 5.11 Å². The number of hydrogen-bond donors (Lipinski definition) is 1. The number of ketones is 1. The quantitative estimate of drug-likeness (QED) is 0.468. The van der Waals surface area contributed by atoms with Crippen LogP contribution in [0.4, 0.5) is 0 Å². The number of carbonyl (C=O) groups is 2. The highest BCUT2D eigenvalue weighted by Gasteiger charge is 2.57. The summed E-state index contributed by atoms with van der Waals surface area (Å²) in [6.45, 7) is 9.79. The first kappa shape index (κ1) is 23.5. The van der Waals surface area contributed by atoms with Crippen molar-refractivity contribution in [2.24, 2.45) is 10.8 Å². The SMILES string of the molecule is CCCC(C)(C(=O)O)C1(C(=O)c2c(C)cc(C)cc2C)CCCCC1.O=P. The second kappa shape index (κ2) is 9.59. The number of rotatable bonds is 6. The Morgan fingerprint density at radius 3 is 1.96 bits per heavy atom. The molecule has 150 valence electrons. The average molecular weight is 392 g/mol. The molecule has 0 radical (unpaired) electrons. The van der Waals surface area contributed by atoms with E-state index in [2.05, 4.69) is 0 Å². The van der Waals surface area contributed by atoms with Crippen LogP contribution in [0.25, 0.3) is 0 Å². The normalized spacial score (nSPS) is 18.0. The molecule has 0 spiro atoms. The van der Waals surface area contributed by atoms with Gasteiger partial charge in [0.1, 0.15) is 9.12 Å². The van der Waals surface area contributed by atoms with Gasteiger partial charge in [0.05, 0.1) is 5.41 Å². The summed E-state index contributed by atoms with van der Waals surface area (Å²) < 4.78 is 8.06. The summed E-state index contributed by atoms with van der Waals surface area (Å²) in [4.78, 5) is 26.2. The predicted octanol–water partition coefficient (Wildman–Crippen LogP) is 6.11. The van der Waals surface area contributed by atoms with Crippen LogP contribution in [0.2, 0.25) is 0 Å². The average Bonchev–Trinajstić information content (AvgIpc) is 2.63. The molecule has 0 aliphatic heterocycles. The van der Waals surface area contributed by atoms with Crippen LogP contribution in [0.15, 0.2) is 12.1 Å². The summed E-state index contributed by atoms with van der Waals surface area (Å²) in [6, 6.07) is 4.07. The van der Waals surface area contributed by atoms with E-state index in [1.807, 2.05) is 39.8 Å². The van der Waals surface area contributed by atoms with Crippen LogP contribution in [0.1, 0.15) is 85.8 Å². The van der Waals surface area contributed by atoms with Crippen LogP contribution >= 0.6 is 9.12 Å². The fraction of sp³-hybridized carbons (Fsp3) is 0.636. The number of carboxylic acid groups (broad SMARTS) is 1. The Morgan fingerprint density at radius 1 is 1.07 bits per heavy atom. The molecular weight excluding hydrogens is 359 g/mol. The molecule has 0 saturated heterocycles. The highest BCUT2D eigenvalue weighted by Crippen LogP contribution is 2.54. The summed E-state index contributed by atoms with van der Waals surface area (Å²) >= 11 is 0. The number of benzene rings is 1. The molecule has 0 amide bonds. The molecule has 2 rings (SSSR count). The molecule has 1 aliphatic carbocycles. The predicted molar refractivity (Wildman–Crippen MR) is 110 cm³/mol.